The molecule has 3 aromatic carbocycles. The van der Waals surface area contributed by atoms with E-state index in [1.165, 1.54) is 11.6 Å². The topological polar surface area (TPSA) is 50.4 Å². The third kappa shape index (κ3) is 3.44. The minimum absolute atomic E-state index is 0.0790. The number of phenols is 1. The molecule has 0 saturated carbocycles. The highest BCUT2D eigenvalue weighted by molar-refractivity contribution is 5.88. The van der Waals surface area contributed by atoms with E-state index in [0.717, 1.165) is 22.1 Å². The fourth-order valence-electron chi connectivity index (χ4n) is 3.56. The number of phenolic OH excluding ortho intramolecular Hbond substituents is 1. The molecule has 0 amide bonds. The Morgan fingerprint density at radius 3 is 2.32 bits per heavy atom. The molecule has 1 aromatic heterocycles. The zero-order valence-corrected chi connectivity index (χ0v) is 16.0. The zero-order valence-electron chi connectivity index (χ0n) is 16.0. The first-order valence-corrected chi connectivity index (χ1v) is 9.46. The van der Waals surface area contributed by atoms with E-state index in [1.807, 2.05) is 36.4 Å². The first-order valence-electron chi connectivity index (χ1n) is 9.46. The van der Waals surface area contributed by atoms with Crippen LogP contribution in [0.2, 0.25) is 0 Å². The van der Waals surface area contributed by atoms with Gasteiger partial charge in [0.25, 0.3) is 0 Å². The maximum atomic E-state index is 12.9. The third-order valence-corrected chi connectivity index (χ3v) is 5.09. The molecule has 0 radical (unpaired) electrons. The first kappa shape index (κ1) is 18.1. The van der Waals surface area contributed by atoms with E-state index in [2.05, 4.69) is 38.1 Å². The highest BCUT2D eigenvalue weighted by atomic mass is 16.4. The van der Waals surface area contributed by atoms with Crippen LogP contribution < -0.4 is 5.63 Å². The molecule has 0 saturated heterocycles. The summed E-state index contributed by atoms with van der Waals surface area (Å²) in [6, 6.07) is 23.0. The van der Waals surface area contributed by atoms with Crippen LogP contribution in [0.1, 0.15) is 36.5 Å². The van der Waals surface area contributed by atoms with Gasteiger partial charge < -0.3 is 9.52 Å². The molecule has 0 fully saturated rings. The average molecular weight is 370 g/mol. The van der Waals surface area contributed by atoms with Crippen molar-refractivity contribution in [2.75, 3.05) is 0 Å². The smallest absolute Gasteiger partial charge is 0.344 e. The molecule has 1 N–H and O–H groups in total. The minimum atomic E-state index is -0.391. The Labute approximate surface area is 163 Å². The molecule has 0 aliphatic rings. The van der Waals surface area contributed by atoms with Gasteiger partial charge in [0.15, 0.2) is 0 Å². The number of hydrogen-bond donors (Lipinski definition) is 1. The van der Waals surface area contributed by atoms with Crippen LogP contribution in [0, 0.1) is 0 Å². The monoisotopic (exact) mass is 370 g/mol. The van der Waals surface area contributed by atoms with Crippen LogP contribution in [-0.4, -0.2) is 5.11 Å². The van der Waals surface area contributed by atoms with Crippen LogP contribution >= 0.6 is 0 Å². The molecule has 140 valence electrons. The Morgan fingerprint density at radius 1 is 0.929 bits per heavy atom. The summed E-state index contributed by atoms with van der Waals surface area (Å²) in [7, 11) is 0. The number of hydrogen-bond acceptors (Lipinski definition) is 3. The van der Waals surface area contributed by atoms with Crippen molar-refractivity contribution in [2.24, 2.45) is 0 Å². The van der Waals surface area contributed by atoms with Gasteiger partial charge in [0.2, 0.25) is 0 Å². The summed E-state index contributed by atoms with van der Waals surface area (Å²) in [5.74, 6) is 0.553. The molecule has 3 nitrogen and oxygen atoms in total. The fourth-order valence-corrected chi connectivity index (χ4v) is 3.56. The van der Waals surface area contributed by atoms with E-state index in [1.54, 1.807) is 6.07 Å². The molecular formula is C25H22O3. The van der Waals surface area contributed by atoms with E-state index in [9.17, 15) is 9.90 Å². The highest BCUT2D eigenvalue weighted by Gasteiger charge is 2.17. The molecule has 0 bridgehead atoms. The SMILES string of the molecule is CC(C)c1ccc(Cc2c(-c3ccccc3)c(=O)oc3cc(O)ccc23)cc1. The van der Waals surface area contributed by atoms with Gasteiger partial charge in [-0.15, -0.1) is 0 Å². The Kier molecular flexibility index (Phi) is 4.74. The predicted molar refractivity (Wildman–Crippen MR) is 113 cm³/mol. The molecular weight excluding hydrogens is 348 g/mol. The lowest BCUT2D eigenvalue weighted by Gasteiger charge is -2.13. The van der Waals surface area contributed by atoms with Crippen molar-refractivity contribution in [2.45, 2.75) is 26.2 Å². The van der Waals surface area contributed by atoms with Gasteiger partial charge in [0, 0.05) is 11.5 Å². The van der Waals surface area contributed by atoms with Crippen LogP contribution in [0.15, 0.2) is 82.0 Å². The fraction of sp³-hybridized carbons (Fsp3) is 0.160. The van der Waals surface area contributed by atoms with Crippen molar-refractivity contribution in [1.29, 1.82) is 0 Å². The summed E-state index contributed by atoms with van der Waals surface area (Å²) in [5, 5.41) is 10.6. The van der Waals surface area contributed by atoms with Crippen LogP contribution in [0.3, 0.4) is 0 Å². The van der Waals surface area contributed by atoms with Gasteiger partial charge in [-0.3, -0.25) is 0 Å². The van der Waals surface area contributed by atoms with E-state index < -0.39 is 5.63 Å². The number of aromatic hydroxyl groups is 1. The second-order valence-corrected chi connectivity index (χ2v) is 7.36. The summed E-state index contributed by atoms with van der Waals surface area (Å²) in [4.78, 5) is 12.9. The van der Waals surface area contributed by atoms with Crippen molar-refractivity contribution in [3.63, 3.8) is 0 Å². The van der Waals surface area contributed by atoms with Crippen LogP contribution in [0.4, 0.5) is 0 Å². The standard InChI is InChI=1S/C25H22O3/c1-16(2)18-10-8-17(9-11-18)14-22-21-13-12-20(26)15-23(21)28-25(27)24(22)19-6-4-3-5-7-19/h3-13,15-16,26H,14H2,1-2H3. The van der Waals surface area contributed by atoms with Gasteiger partial charge in [-0.25, -0.2) is 4.79 Å². The Bertz CT molecular complexity index is 1170. The molecule has 0 aliphatic heterocycles. The molecule has 3 heteroatoms. The van der Waals surface area contributed by atoms with E-state index in [0.29, 0.717) is 23.5 Å². The molecule has 0 aliphatic carbocycles. The van der Waals surface area contributed by atoms with Gasteiger partial charge in [-0.05, 0) is 46.7 Å². The van der Waals surface area contributed by atoms with E-state index >= 15 is 0 Å². The van der Waals surface area contributed by atoms with Gasteiger partial charge >= 0.3 is 5.63 Å². The van der Waals surface area contributed by atoms with Crippen LogP contribution in [0.5, 0.6) is 5.75 Å². The van der Waals surface area contributed by atoms with Crippen LogP contribution in [-0.2, 0) is 6.42 Å². The molecule has 4 aromatic rings. The summed E-state index contributed by atoms with van der Waals surface area (Å²) >= 11 is 0. The summed E-state index contributed by atoms with van der Waals surface area (Å²) in [5.41, 5.74) is 4.74. The van der Waals surface area contributed by atoms with Crippen molar-refractivity contribution in [3.8, 4) is 16.9 Å². The Hall–Kier alpha value is -3.33. The second kappa shape index (κ2) is 7.35. The summed E-state index contributed by atoms with van der Waals surface area (Å²) in [6.45, 7) is 4.34. The van der Waals surface area contributed by atoms with Crippen molar-refractivity contribution >= 4 is 11.0 Å². The molecule has 0 spiro atoms. The maximum Gasteiger partial charge on any atom is 0.344 e. The van der Waals surface area contributed by atoms with Gasteiger partial charge in [-0.1, -0.05) is 68.4 Å². The Balaban J connectivity index is 1.92. The molecule has 0 unspecified atom stereocenters. The van der Waals surface area contributed by atoms with Crippen molar-refractivity contribution in [3.05, 3.63) is 99.9 Å². The van der Waals surface area contributed by atoms with E-state index in [4.69, 9.17) is 4.42 Å². The van der Waals surface area contributed by atoms with Gasteiger partial charge in [-0.2, -0.15) is 0 Å². The maximum absolute atomic E-state index is 12.9. The lowest BCUT2D eigenvalue weighted by molar-refractivity contribution is 0.473. The highest BCUT2D eigenvalue weighted by Crippen LogP contribution is 2.31. The molecule has 4 rings (SSSR count). The number of fused-ring (bicyclic) bond motifs is 1. The normalized spacial score (nSPS) is 11.2. The minimum Gasteiger partial charge on any atom is -0.508 e. The van der Waals surface area contributed by atoms with Gasteiger partial charge in [0.05, 0.1) is 5.56 Å². The van der Waals surface area contributed by atoms with E-state index in [-0.39, 0.29) is 5.75 Å². The van der Waals surface area contributed by atoms with Crippen molar-refractivity contribution in [1.82, 2.24) is 0 Å². The number of rotatable bonds is 4. The molecule has 28 heavy (non-hydrogen) atoms. The van der Waals surface area contributed by atoms with Crippen molar-refractivity contribution < 1.29 is 9.52 Å². The molecule has 1 heterocycles. The Morgan fingerprint density at radius 2 is 1.64 bits per heavy atom. The predicted octanol–water partition coefficient (Wildman–Crippen LogP) is 5.88. The summed E-state index contributed by atoms with van der Waals surface area (Å²) < 4.78 is 5.54. The number of benzene rings is 3. The summed E-state index contributed by atoms with van der Waals surface area (Å²) in [6.07, 6.45) is 0.607. The second-order valence-electron chi connectivity index (χ2n) is 7.36. The zero-order chi connectivity index (χ0) is 19.7. The van der Waals surface area contributed by atoms with Crippen LogP contribution in [0.25, 0.3) is 22.1 Å². The first-order chi connectivity index (χ1) is 13.5. The average Bonchev–Trinajstić information content (AvgIpc) is 2.69. The lowest BCUT2D eigenvalue weighted by atomic mass is 9.92. The third-order valence-electron chi connectivity index (χ3n) is 5.09. The quantitative estimate of drug-likeness (QED) is 0.456. The lowest BCUT2D eigenvalue weighted by Crippen LogP contribution is -2.08. The van der Waals surface area contributed by atoms with Gasteiger partial charge in [0.1, 0.15) is 11.3 Å². The molecule has 0 atom stereocenters. The largest absolute Gasteiger partial charge is 0.508 e.